The van der Waals surface area contributed by atoms with Crippen LogP contribution in [-0.4, -0.2) is 25.7 Å². The highest BCUT2D eigenvalue weighted by Gasteiger charge is 2.33. The lowest BCUT2D eigenvalue weighted by Gasteiger charge is -2.14. The Morgan fingerprint density at radius 2 is 1.71 bits per heavy atom. The molecule has 5 rings (SSSR count). The quantitative estimate of drug-likeness (QED) is 0.263. The standard InChI is InChI=1S/C27H21F3N6O2/c1-17-6-2-3-7-20(17)24-34-25(38-35-24)23-15-36(16-31-23)14-18-10-12-19(13-11-18)32-26(37)33-22-9-5-4-8-21(22)27(28,29)30/h2-13,15-16H,14H2,1H3,(H2,32,33,37). The molecular formula is C27H21F3N6O2. The van der Waals surface area contributed by atoms with Gasteiger partial charge in [-0.25, -0.2) is 9.78 Å². The van der Waals surface area contributed by atoms with Gasteiger partial charge in [0.2, 0.25) is 5.82 Å². The van der Waals surface area contributed by atoms with E-state index in [4.69, 9.17) is 4.52 Å². The van der Waals surface area contributed by atoms with Gasteiger partial charge in [-0.1, -0.05) is 53.7 Å². The van der Waals surface area contributed by atoms with Crippen molar-refractivity contribution in [2.24, 2.45) is 0 Å². The Balaban J connectivity index is 1.21. The van der Waals surface area contributed by atoms with E-state index < -0.39 is 17.8 Å². The first-order valence-electron chi connectivity index (χ1n) is 11.5. The molecule has 0 spiro atoms. The number of benzene rings is 3. The minimum absolute atomic E-state index is 0.305. The second-order valence-electron chi connectivity index (χ2n) is 8.49. The van der Waals surface area contributed by atoms with Crippen molar-refractivity contribution in [1.29, 1.82) is 0 Å². The molecule has 0 aliphatic rings. The van der Waals surface area contributed by atoms with Crippen LogP contribution < -0.4 is 10.6 Å². The maximum Gasteiger partial charge on any atom is 0.418 e. The van der Waals surface area contributed by atoms with Crippen molar-refractivity contribution in [2.75, 3.05) is 10.6 Å². The Morgan fingerprint density at radius 1 is 0.974 bits per heavy atom. The Bertz CT molecular complexity index is 1570. The average molecular weight is 518 g/mol. The highest BCUT2D eigenvalue weighted by atomic mass is 19.4. The predicted octanol–water partition coefficient (Wildman–Crippen LogP) is 6.62. The molecule has 0 saturated heterocycles. The van der Waals surface area contributed by atoms with Gasteiger partial charge < -0.3 is 19.7 Å². The van der Waals surface area contributed by atoms with E-state index in [0.717, 1.165) is 22.8 Å². The number of carbonyl (C=O) groups is 1. The molecule has 38 heavy (non-hydrogen) atoms. The summed E-state index contributed by atoms with van der Waals surface area (Å²) < 4.78 is 46.7. The third-order valence-corrected chi connectivity index (χ3v) is 5.72. The van der Waals surface area contributed by atoms with Crippen LogP contribution in [0.25, 0.3) is 23.0 Å². The molecule has 192 valence electrons. The summed E-state index contributed by atoms with van der Waals surface area (Å²) in [5, 5.41) is 8.86. The first kappa shape index (κ1) is 24.8. The highest BCUT2D eigenvalue weighted by molar-refractivity contribution is 6.00. The lowest BCUT2D eigenvalue weighted by molar-refractivity contribution is -0.136. The third kappa shape index (κ3) is 5.56. The number of aryl methyl sites for hydroxylation is 1. The van der Waals surface area contributed by atoms with Crippen molar-refractivity contribution in [1.82, 2.24) is 19.7 Å². The van der Waals surface area contributed by atoms with E-state index in [1.54, 1.807) is 36.8 Å². The normalized spacial score (nSPS) is 11.4. The number of alkyl halides is 3. The summed E-state index contributed by atoms with van der Waals surface area (Å²) in [5.74, 6) is 0.793. The van der Waals surface area contributed by atoms with Crippen molar-refractivity contribution >= 4 is 17.4 Å². The summed E-state index contributed by atoms with van der Waals surface area (Å²) in [4.78, 5) is 21.1. The van der Waals surface area contributed by atoms with Crippen LogP contribution in [0.15, 0.2) is 89.8 Å². The molecule has 0 saturated carbocycles. The molecule has 0 aliphatic carbocycles. The van der Waals surface area contributed by atoms with Crippen molar-refractivity contribution in [3.8, 4) is 23.0 Å². The number of nitrogens with zero attached hydrogens (tertiary/aromatic N) is 4. The van der Waals surface area contributed by atoms with Gasteiger partial charge in [0, 0.05) is 24.0 Å². The number of imidazole rings is 1. The molecule has 3 aromatic carbocycles. The maximum absolute atomic E-state index is 13.1. The Kier molecular flexibility index (Phi) is 6.65. The number of rotatable bonds is 6. The summed E-state index contributed by atoms with van der Waals surface area (Å²) in [7, 11) is 0. The second kappa shape index (κ2) is 10.2. The van der Waals surface area contributed by atoms with E-state index in [0.29, 0.717) is 29.6 Å². The predicted molar refractivity (Wildman–Crippen MR) is 135 cm³/mol. The van der Waals surface area contributed by atoms with Crippen LogP contribution in [-0.2, 0) is 12.7 Å². The molecule has 0 bridgehead atoms. The van der Waals surface area contributed by atoms with E-state index in [2.05, 4.69) is 25.8 Å². The number of anilines is 2. The zero-order valence-corrected chi connectivity index (χ0v) is 20.0. The first-order chi connectivity index (χ1) is 18.3. The summed E-state index contributed by atoms with van der Waals surface area (Å²) >= 11 is 0. The summed E-state index contributed by atoms with van der Waals surface area (Å²) in [6.07, 6.45) is -1.15. The van der Waals surface area contributed by atoms with E-state index in [9.17, 15) is 18.0 Å². The Morgan fingerprint density at radius 3 is 2.47 bits per heavy atom. The molecule has 2 aromatic heterocycles. The van der Waals surface area contributed by atoms with Crippen LogP contribution in [0.4, 0.5) is 29.3 Å². The summed E-state index contributed by atoms with van der Waals surface area (Å²) in [5.41, 5.74) is 2.55. The monoisotopic (exact) mass is 518 g/mol. The van der Waals surface area contributed by atoms with Gasteiger partial charge in [-0.05, 0) is 42.3 Å². The smallest absolute Gasteiger partial charge is 0.332 e. The van der Waals surface area contributed by atoms with Gasteiger partial charge in [0.25, 0.3) is 5.89 Å². The fourth-order valence-corrected chi connectivity index (χ4v) is 3.85. The number of urea groups is 1. The van der Waals surface area contributed by atoms with E-state index in [-0.39, 0.29) is 5.69 Å². The average Bonchev–Trinajstić information content (AvgIpc) is 3.55. The van der Waals surface area contributed by atoms with Gasteiger partial charge in [-0.15, -0.1) is 0 Å². The number of hydrogen-bond acceptors (Lipinski definition) is 5. The Hall–Kier alpha value is -4.93. The van der Waals surface area contributed by atoms with E-state index >= 15 is 0 Å². The number of halogens is 3. The van der Waals surface area contributed by atoms with Gasteiger partial charge in [-0.3, -0.25) is 0 Å². The molecule has 0 aliphatic heterocycles. The van der Waals surface area contributed by atoms with Crippen molar-refractivity contribution in [3.05, 3.63) is 102 Å². The molecule has 11 heteroatoms. The number of hydrogen-bond donors (Lipinski definition) is 2. The van der Waals surface area contributed by atoms with Crippen LogP contribution in [0, 0.1) is 6.92 Å². The molecule has 2 heterocycles. The van der Waals surface area contributed by atoms with Crippen LogP contribution in [0.2, 0.25) is 0 Å². The van der Waals surface area contributed by atoms with Crippen molar-refractivity contribution in [3.63, 3.8) is 0 Å². The fraction of sp³-hybridized carbons (Fsp3) is 0.111. The van der Waals surface area contributed by atoms with E-state index in [1.807, 2.05) is 35.8 Å². The summed E-state index contributed by atoms with van der Waals surface area (Å²) in [6.45, 7) is 2.46. The van der Waals surface area contributed by atoms with Gasteiger partial charge in [0.05, 0.1) is 17.6 Å². The SMILES string of the molecule is Cc1ccccc1-c1noc(-c2cn(Cc3ccc(NC(=O)Nc4ccccc4C(F)(F)F)cc3)cn2)n1. The minimum atomic E-state index is -4.58. The second-order valence-corrected chi connectivity index (χ2v) is 8.49. The number of amides is 2. The molecule has 2 N–H and O–H groups in total. The fourth-order valence-electron chi connectivity index (χ4n) is 3.85. The Labute approximate surface area is 215 Å². The van der Waals surface area contributed by atoms with Crippen LogP contribution in [0.1, 0.15) is 16.7 Å². The lowest BCUT2D eigenvalue weighted by atomic mass is 10.1. The van der Waals surface area contributed by atoms with Gasteiger partial charge >= 0.3 is 12.2 Å². The highest BCUT2D eigenvalue weighted by Crippen LogP contribution is 2.34. The van der Waals surface area contributed by atoms with Crippen molar-refractivity contribution in [2.45, 2.75) is 19.6 Å². The van der Waals surface area contributed by atoms with Gasteiger partial charge in [0.1, 0.15) is 5.69 Å². The maximum atomic E-state index is 13.1. The number of nitrogens with one attached hydrogen (secondary N) is 2. The van der Waals surface area contributed by atoms with Crippen molar-refractivity contribution < 1.29 is 22.5 Å². The zero-order chi connectivity index (χ0) is 26.7. The largest absolute Gasteiger partial charge is 0.418 e. The molecule has 8 nitrogen and oxygen atoms in total. The molecular weight excluding hydrogens is 497 g/mol. The van der Waals surface area contributed by atoms with Crippen LogP contribution >= 0.6 is 0 Å². The molecule has 5 aromatic rings. The van der Waals surface area contributed by atoms with Gasteiger partial charge in [-0.2, -0.15) is 18.2 Å². The molecule has 2 amide bonds. The lowest BCUT2D eigenvalue weighted by Crippen LogP contribution is -2.21. The number of para-hydroxylation sites is 1. The van der Waals surface area contributed by atoms with E-state index in [1.165, 1.54) is 18.2 Å². The molecule has 0 unspecified atom stereocenters. The molecule has 0 fully saturated rings. The van der Waals surface area contributed by atoms with Crippen LogP contribution in [0.3, 0.4) is 0 Å². The zero-order valence-electron chi connectivity index (χ0n) is 20.0. The van der Waals surface area contributed by atoms with Crippen LogP contribution in [0.5, 0.6) is 0 Å². The minimum Gasteiger partial charge on any atom is -0.332 e. The molecule has 0 atom stereocenters. The first-order valence-corrected chi connectivity index (χ1v) is 11.5. The third-order valence-electron chi connectivity index (χ3n) is 5.72. The summed E-state index contributed by atoms with van der Waals surface area (Å²) in [6, 6.07) is 18.7. The van der Waals surface area contributed by atoms with Gasteiger partial charge in [0.15, 0.2) is 0 Å². The topological polar surface area (TPSA) is 97.9 Å². The molecule has 0 radical (unpaired) electrons. The number of carbonyl (C=O) groups excluding carboxylic acids is 1. The number of aromatic nitrogens is 4.